The van der Waals surface area contributed by atoms with E-state index < -0.39 is 0 Å². The number of nitrogens with zero attached hydrogens (tertiary/aromatic N) is 3. The van der Waals surface area contributed by atoms with Gasteiger partial charge >= 0.3 is 0 Å². The quantitative estimate of drug-likeness (QED) is 0.696. The Bertz CT molecular complexity index is 1070. The fourth-order valence-corrected chi connectivity index (χ4v) is 6.82. The van der Waals surface area contributed by atoms with Crippen LogP contribution in [-0.4, -0.2) is 24.1 Å². The third-order valence-electron chi connectivity index (χ3n) is 7.81. The van der Waals surface area contributed by atoms with E-state index in [2.05, 4.69) is 86.3 Å². The highest BCUT2D eigenvalue weighted by atomic mass is 15.6. The van der Waals surface area contributed by atoms with Crippen molar-refractivity contribution in [2.24, 2.45) is 10.5 Å². The highest BCUT2D eigenvalue weighted by Crippen LogP contribution is 2.70. The van der Waals surface area contributed by atoms with Gasteiger partial charge in [-0.2, -0.15) is 5.10 Å². The number of fused-ring (bicyclic) bond motifs is 6. The highest BCUT2D eigenvalue weighted by Gasteiger charge is 2.68. The van der Waals surface area contributed by atoms with Crippen molar-refractivity contribution >= 4 is 11.5 Å². The van der Waals surface area contributed by atoms with Crippen molar-refractivity contribution in [2.75, 3.05) is 11.9 Å². The molecule has 3 atom stereocenters. The van der Waals surface area contributed by atoms with E-state index in [1.165, 1.54) is 33.5 Å². The predicted molar refractivity (Wildman–Crippen MR) is 111 cm³/mol. The van der Waals surface area contributed by atoms with Gasteiger partial charge in [-0.05, 0) is 30.9 Å². The molecule has 0 bridgehead atoms. The summed E-state index contributed by atoms with van der Waals surface area (Å²) < 4.78 is 0. The van der Waals surface area contributed by atoms with Crippen molar-refractivity contribution in [3.8, 4) is 11.1 Å². The minimum atomic E-state index is 0.101. The van der Waals surface area contributed by atoms with E-state index >= 15 is 0 Å². The molecule has 27 heavy (non-hydrogen) atoms. The molecule has 3 unspecified atom stereocenters. The van der Waals surface area contributed by atoms with Gasteiger partial charge in [0.1, 0.15) is 6.17 Å². The minimum absolute atomic E-state index is 0.101. The molecule has 0 saturated carbocycles. The van der Waals surface area contributed by atoms with Crippen LogP contribution in [-0.2, 0) is 5.41 Å². The molecule has 3 aliphatic heterocycles. The normalized spacial score (nSPS) is 31.5. The van der Waals surface area contributed by atoms with Crippen LogP contribution in [0.15, 0.2) is 59.2 Å². The second kappa shape index (κ2) is 4.64. The molecule has 3 heterocycles. The Morgan fingerprint density at radius 2 is 1.70 bits per heavy atom. The number of benzene rings is 2. The van der Waals surface area contributed by atoms with Gasteiger partial charge in [0.2, 0.25) is 0 Å². The lowest BCUT2D eigenvalue weighted by Gasteiger charge is -2.66. The maximum Gasteiger partial charge on any atom is 0.162 e. The molecule has 1 aliphatic carbocycles. The Labute approximate surface area is 161 Å². The highest BCUT2D eigenvalue weighted by molar-refractivity contribution is 6.21. The lowest BCUT2D eigenvalue weighted by Crippen LogP contribution is -2.69. The van der Waals surface area contributed by atoms with Crippen LogP contribution in [0.25, 0.3) is 11.1 Å². The van der Waals surface area contributed by atoms with Crippen LogP contribution in [0.1, 0.15) is 44.7 Å². The van der Waals surface area contributed by atoms with E-state index in [1.54, 1.807) is 0 Å². The molecule has 3 heteroatoms. The lowest BCUT2D eigenvalue weighted by molar-refractivity contribution is 0.0302. The molecule has 0 aromatic heterocycles. The van der Waals surface area contributed by atoms with Crippen LogP contribution in [0.3, 0.4) is 0 Å². The standard InChI is InChI=1S/C24H25N3/c1-5-23-14-15(3)24(23,6-2)22-26(4)25-21-18-11-8-7-10-16(18)17-12-9-13-19(23)20(17)27(21)22/h7-14,22H,5-6H2,1-4H3. The van der Waals surface area contributed by atoms with Gasteiger partial charge in [0.25, 0.3) is 0 Å². The summed E-state index contributed by atoms with van der Waals surface area (Å²) in [5.41, 5.74) is 8.54. The molecule has 0 spiro atoms. The number of allylic oxidation sites excluding steroid dienone is 1. The van der Waals surface area contributed by atoms with E-state index in [0.29, 0.717) is 0 Å². The van der Waals surface area contributed by atoms with Crippen molar-refractivity contribution in [2.45, 2.75) is 45.2 Å². The summed E-state index contributed by atoms with van der Waals surface area (Å²) in [5.74, 6) is 1.12. The molecule has 0 amide bonds. The number of rotatable bonds is 2. The van der Waals surface area contributed by atoms with E-state index in [1.807, 2.05) is 0 Å². The third kappa shape index (κ3) is 1.38. The van der Waals surface area contributed by atoms with Gasteiger partial charge in [-0.15, -0.1) is 0 Å². The first-order valence-electron chi connectivity index (χ1n) is 10.1. The largest absolute Gasteiger partial charge is 0.300 e. The average molecular weight is 355 g/mol. The molecule has 4 aliphatic rings. The fourth-order valence-electron chi connectivity index (χ4n) is 6.82. The molecule has 0 radical (unpaired) electrons. The molecular formula is C24H25N3. The number of para-hydroxylation sites is 1. The summed E-state index contributed by atoms with van der Waals surface area (Å²) in [6.07, 6.45) is 5.06. The molecule has 3 nitrogen and oxygen atoms in total. The van der Waals surface area contributed by atoms with E-state index in [4.69, 9.17) is 5.10 Å². The Morgan fingerprint density at radius 1 is 0.963 bits per heavy atom. The van der Waals surface area contributed by atoms with Gasteiger partial charge in [-0.25, -0.2) is 0 Å². The number of hydrazone groups is 1. The second-order valence-electron chi connectivity index (χ2n) is 8.47. The number of amidine groups is 1. The first-order chi connectivity index (χ1) is 13.1. The minimum Gasteiger partial charge on any atom is -0.300 e. The lowest BCUT2D eigenvalue weighted by atomic mass is 9.43. The zero-order valence-electron chi connectivity index (χ0n) is 16.5. The predicted octanol–water partition coefficient (Wildman–Crippen LogP) is 5.12. The monoisotopic (exact) mass is 355 g/mol. The average Bonchev–Trinajstić information content (AvgIpc) is 3.04. The summed E-state index contributed by atoms with van der Waals surface area (Å²) in [6.45, 7) is 7.05. The summed E-state index contributed by atoms with van der Waals surface area (Å²) in [4.78, 5) is 2.56. The van der Waals surface area contributed by atoms with Gasteiger partial charge in [-0.1, -0.05) is 68.0 Å². The van der Waals surface area contributed by atoms with Crippen LogP contribution in [0.2, 0.25) is 0 Å². The van der Waals surface area contributed by atoms with Crippen molar-refractivity contribution in [1.82, 2.24) is 5.01 Å². The summed E-state index contributed by atoms with van der Waals surface area (Å²) in [6, 6.07) is 15.7. The number of anilines is 1. The molecular weight excluding hydrogens is 330 g/mol. The zero-order valence-corrected chi connectivity index (χ0v) is 16.5. The molecule has 2 aromatic rings. The Morgan fingerprint density at radius 3 is 2.41 bits per heavy atom. The van der Waals surface area contributed by atoms with Crippen molar-refractivity contribution in [1.29, 1.82) is 0 Å². The van der Waals surface area contributed by atoms with Crippen molar-refractivity contribution in [3.05, 3.63) is 65.2 Å². The molecule has 136 valence electrons. The number of hydrogen-bond donors (Lipinski definition) is 0. The smallest absolute Gasteiger partial charge is 0.162 e. The van der Waals surface area contributed by atoms with Gasteiger partial charge in [-0.3, -0.25) is 5.01 Å². The van der Waals surface area contributed by atoms with Crippen LogP contribution < -0.4 is 4.90 Å². The fraction of sp³-hybridized carbons (Fsp3) is 0.375. The van der Waals surface area contributed by atoms with E-state index in [-0.39, 0.29) is 17.0 Å². The van der Waals surface area contributed by atoms with Gasteiger partial charge in [0.05, 0.1) is 5.69 Å². The first kappa shape index (κ1) is 15.5. The van der Waals surface area contributed by atoms with Crippen molar-refractivity contribution < 1.29 is 0 Å². The molecule has 2 aromatic carbocycles. The van der Waals surface area contributed by atoms with Crippen molar-refractivity contribution in [3.63, 3.8) is 0 Å². The van der Waals surface area contributed by atoms with Gasteiger partial charge in [0.15, 0.2) is 5.84 Å². The number of hydrogen-bond acceptors (Lipinski definition) is 3. The van der Waals surface area contributed by atoms with Gasteiger partial charge < -0.3 is 4.90 Å². The first-order valence-corrected chi connectivity index (χ1v) is 10.1. The summed E-state index contributed by atoms with van der Waals surface area (Å²) >= 11 is 0. The van der Waals surface area contributed by atoms with Crippen LogP contribution >= 0.6 is 0 Å². The Balaban J connectivity index is 1.78. The van der Waals surface area contributed by atoms with E-state index in [0.717, 1.165) is 18.7 Å². The third-order valence-corrected chi connectivity index (χ3v) is 7.81. The molecule has 6 rings (SSSR count). The second-order valence-corrected chi connectivity index (χ2v) is 8.47. The maximum atomic E-state index is 5.10. The SMILES string of the molecule is CCC12C=C(C)C1(CC)C1N(C)N=C3c4ccccc4-c4cccc2c4N31. The van der Waals surface area contributed by atoms with E-state index in [9.17, 15) is 0 Å². The summed E-state index contributed by atoms with van der Waals surface area (Å²) in [5, 5.41) is 7.33. The maximum absolute atomic E-state index is 5.10. The van der Waals surface area contributed by atoms with Crippen LogP contribution in [0.5, 0.6) is 0 Å². The van der Waals surface area contributed by atoms with Crippen LogP contribution in [0.4, 0.5) is 5.69 Å². The van der Waals surface area contributed by atoms with Crippen LogP contribution in [0, 0.1) is 5.41 Å². The zero-order chi connectivity index (χ0) is 18.6. The molecule has 0 saturated heterocycles. The molecule has 0 fully saturated rings. The van der Waals surface area contributed by atoms with Gasteiger partial charge in [0, 0.05) is 29.0 Å². The summed E-state index contributed by atoms with van der Waals surface area (Å²) in [7, 11) is 2.16. The molecule has 0 N–H and O–H groups in total. The Kier molecular flexibility index (Phi) is 2.67. The Hall–Kier alpha value is -2.55. The topological polar surface area (TPSA) is 18.8 Å².